The van der Waals surface area contributed by atoms with Crippen molar-refractivity contribution in [3.05, 3.63) is 78.1 Å². The van der Waals surface area contributed by atoms with Gasteiger partial charge in [0.05, 0.1) is 5.56 Å². The summed E-state index contributed by atoms with van der Waals surface area (Å²) in [5.41, 5.74) is 2.74. The molecule has 0 amide bonds. The lowest BCUT2D eigenvalue weighted by Gasteiger charge is -2.46. The highest BCUT2D eigenvalue weighted by atomic mass is 16.5. The van der Waals surface area contributed by atoms with Crippen molar-refractivity contribution < 1.29 is 9.53 Å². The Hall–Kier alpha value is -3.49. The molecule has 0 radical (unpaired) electrons. The maximum absolute atomic E-state index is 13.4. The normalized spacial score (nSPS) is 17.0. The number of piperidine rings is 1. The Morgan fingerprint density at radius 1 is 1.06 bits per heavy atom. The molecule has 1 fully saturated rings. The quantitative estimate of drug-likeness (QED) is 0.429. The third-order valence-corrected chi connectivity index (χ3v) is 6.25. The molecule has 2 heterocycles. The van der Waals surface area contributed by atoms with Crippen LogP contribution in [0.4, 0.5) is 0 Å². The van der Waals surface area contributed by atoms with E-state index in [0.717, 1.165) is 24.0 Å². The third-order valence-electron chi connectivity index (χ3n) is 6.25. The summed E-state index contributed by atoms with van der Waals surface area (Å²) >= 11 is 0. The van der Waals surface area contributed by atoms with E-state index >= 15 is 0 Å². The van der Waals surface area contributed by atoms with Gasteiger partial charge in [0, 0.05) is 46.6 Å². The van der Waals surface area contributed by atoms with Gasteiger partial charge in [-0.1, -0.05) is 18.2 Å². The van der Waals surface area contributed by atoms with E-state index in [1.807, 2.05) is 36.4 Å². The van der Waals surface area contributed by atoms with Gasteiger partial charge in [0.25, 0.3) is 0 Å². The van der Waals surface area contributed by atoms with Crippen LogP contribution in [0, 0.1) is 17.2 Å². The second kappa shape index (κ2) is 9.40. The summed E-state index contributed by atoms with van der Waals surface area (Å²) < 4.78 is 6.16. The fraction of sp³-hybridized carbons (Fsp3) is 0.345. The smallest absolute Gasteiger partial charge is 0.163 e. The Morgan fingerprint density at radius 2 is 1.79 bits per heavy atom. The number of ether oxygens (including phenoxy) is 1. The first-order valence-electron chi connectivity index (χ1n) is 11.7. The van der Waals surface area contributed by atoms with Crippen LogP contribution in [0.3, 0.4) is 0 Å². The minimum Gasteiger partial charge on any atom is -0.455 e. The molecule has 0 atom stereocenters. The van der Waals surface area contributed by atoms with Crippen LogP contribution >= 0.6 is 0 Å². The van der Waals surface area contributed by atoms with Crippen molar-refractivity contribution >= 4 is 5.78 Å². The number of carbonyl (C=O) groups excluding carboxylic acids is 1. The van der Waals surface area contributed by atoms with Gasteiger partial charge < -0.3 is 10.1 Å². The minimum absolute atomic E-state index is 0.000600. The number of para-hydroxylation sites is 1. The van der Waals surface area contributed by atoms with Crippen molar-refractivity contribution in [1.29, 1.82) is 5.26 Å². The first kappa shape index (κ1) is 23.7. The van der Waals surface area contributed by atoms with E-state index in [-0.39, 0.29) is 16.9 Å². The number of hydrogen-bond donors (Lipinski definition) is 1. The number of Topliss-reactive ketones (excluding diaryl/α,β-unsaturated/α-hetero) is 1. The molecule has 5 nitrogen and oxygen atoms in total. The van der Waals surface area contributed by atoms with E-state index in [1.165, 1.54) is 0 Å². The first-order valence-corrected chi connectivity index (χ1v) is 11.7. The molecule has 1 aromatic heterocycles. The number of ketones is 1. The molecule has 5 heteroatoms. The zero-order valence-electron chi connectivity index (χ0n) is 20.3. The van der Waals surface area contributed by atoms with E-state index < -0.39 is 0 Å². The van der Waals surface area contributed by atoms with Crippen molar-refractivity contribution in [2.75, 3.05) is 0 Å². The molecule has 0 unspecified atom stereocenters. The molecule has 1 aliphatic heterocycles. The summed E-state index contributed by atoms with van der Waals surface area (Å²) in [6.07, 6.45) is 5.90. The number of pyridine rings is 1. The van der Waals surface area contributed by atoms with E-state index in [9.17, 15) is 10.1 Å². The van der Waals surface area contributed by atoms with Crippen LogP contribution < -0.4 is 10.1 Å². The van der Waals surface area contributed by atoms with E-state index in [1.54, 1.807) is 30.6 Å². The predicted molar refractivity (Wildman–Crippen MR) is 134 cm³/mol. The molecule has 34 heavy (non-hydrogen) atoms. The second-order valence-electron chi connectivity index (χ2n) is 10.5. The second-order valence-corrected chi connectivity index (χ2v) is 10.5. The van der Waals surface area contributed by atoms with Gasteiger partial charge in [-0.05, 0) is 82.9 Å². The Balaban J connectivity index is 1.64. The molecule has 1 aliphatic rings. The highest BCUT2D eigenvalue weighted by Crippen LogP contribution is 2.38. The molecule has 1 N–H and O–H groups in total. The predicted octanol–water partition coefficient (Wildman–Crippen LogP) is 6.54. The molecule has 0 bridgehead atoms. The number of benzene rings is 2. The summed E-state index contributed by atoms with van der Waals surface area (Å²) in [6, 6.07) is 18.6. The van der Waals surface area contributed by atoms with Gasteiger partial charge in [-0.25, -0.2) is 0 Å². The van der Waals surface area contributed by atoms with Crippen LogP contribution in [0.15, 0.2) is 67.0 Å². The summed E-state index contributed by atoms with van der Waals surface area (Å²) in [7, 11) is 0. The molecular weight excluding hydrogens is 422 g/mol. The monoisotopic (exact) mass is 453 g/mol. The molecule has 0 aliphatic carbocycles. The van der Waals surface area contributed by atoms with Crippen molar-refractivity contribution in [2.45, 2.75) is 58.0 Å². The van der Waals surface area contributed by atoms with Gasteiger partial charge in [-0.3, -0.25) is 9.78 Å². The van der Waals surface area contributed by atoms with Gasteiger partial charge >= 0.3 is 0 Å². The average molecular weight is 454 g/mol. The largest absolute Gasteiger partial charge is 0.455 e. The minimum atomic E-state index is -0.000600. The number of nitrogens with one attached hydrogen (secondary N) is 1. The molecule has 0 spiro atoms. The third kappa shape index (κ3) is 5.52. The molecule has 4 rings (SSSR count). The maximum atomic E-state index is 13.4. The van der Waals surface area contributed by atoms with E-state index in [2.05, 4.69) is 44.1 Å². The highest BCUT2D eigenvalue weighted by Gasteiger charge is 2.38. The number of aromatic nitrogens is 1. The van der Waals surface area contributed by atoms with Gasteiger partial charge in [0.2, 0.25) is 0 Å². The van der Waals surface area contributed by atoms with Crippen LogP contribution in [0.1, 0.15) is 62.9 Å². The highest BCUT2D eigenvalue weighted by molar-refractivity contribution is 5.98. The number of nitrogens with zero attached hydrogens (tertiary/aromatic N) is 2. The maximum Gasteiger partial charge on any atom is 0.163 e. The zero-order valence-corrected chi connectivity index (χ0v) is 20.3. The van der Waals surface area contributed by atoms with Gasteiger partial charge in [-0.15, -0.1) is 0 Å². The van der Waals surface area contributed by atoms with Gasteiger partial charge in [0.1, 0.15) is 17.6 Å². The number of rotatable bonds is 6. The number of hydrogen-bond acceptors (Lipinski definition) is 5. The van der Waals surface area contributed by atoms with E-state index in [4.69, 9.17) is 4.74 Å². The Kier molecular flexibility index (Phi) is 6.54. The Labute approximate surface area is 201 Å². The van der Waals surface area contributed by atoms with E-state index in [0.29, 0.717) is 35.0 Å². The molecule has 2 aromatic carbocycles. The lowest BCUT2D eigenvalue weighted by Crippen LogP contribution is -2.57. The molecule has 3 aromatic rings. The summed E-state index contributed by atoms with van der Waals surface area (Å²) in [5.74, 6) is 1.51. The van der Waals surface area contributed by atoms with Crippen LogP contribution in [0.25, 0.3) is 11.1 Å². The number of nitriles is 1. The summed E-state index contributed by atoms with van der Waals surface area (Å²) in [5, 5.41) is 13.1. The molecule has 1 saturated heterocycles. The van der Waals surface area contributed by atoms with Crippen molar-refractivity contribution in [2.24, 2.45) is 5.92 Å². The SMILES string of the molecule is CC1(C)CC(CC(=O)c2ccc(Oc3ccccc3C#N)c(-c3cccnc3)c2)CC(C)(C)N1. The van der Waals surface area contributed by atoms with Crippen LogP contribution in [0.5, 0.6) is 11.5 Å². The van der Waals surface area contributed by atoms with Crippen molar-refractivity contribution in [3.63, 3.8) is 0 Å². The molecule has 0 saturated carbocycles. The Bertz CT molecular complexity index is 1210. The van der Waals surface area contributed by atoms with Crippen molar-refractivity contribution in [1.82, 2.24) is 10.3 Å². The number of carbonyl (C=O) groups is 1. The molecular formula is C29H31N3O2. The first-order chi connectivity index (χ1) is 16.2. The Morgan fingerprint density at radius 3 is 2.47 bits per heavy atom. The lowest BCUT2D eigenvalue weighted by molar-refractivity contribution is 0.0864. The van der Waals surface area contributed by atoms with Crippen LogP contribution in [-0.2, 0) is 0 Å². The van der Waals surface area contributed by atoms with Crippen molar-refractivity contribution in [3.8, 4) is 28.7 Å². The fourth-order valence-electron chi connectivity index (χ4n) is 5.36. The molecule has 174 valence electrons. The average Bonchev–Trinajstić information content (AvgIpc) is 2.78. The topological polar surface area (TPSA) is 75.0 Å². The summed E-state index contributed by atoms with van der Waals surface area (Å²) in [6.45, 7) is 8.82. The van der Waals surface area contributed by atoms with Crippen LogP contribution in [0.2, 0.25) is 0 Å². The van der Waals surface area contributed by atoms with Gasteiger partial charge in [0.15, 0.2) is 5.78 Å². The fourth-order valence-corrected chi connectivity index (χ4v) is 5.36. The van der Waals surface area contributed by atoms with Crippen LogP contribution in [-0.4, -0.2) is 21.8 Å². The lowest BCUT2D eigenvalue weighted by atomic mass is 9.74. The standard InChI is InChI=1S/C29H31N3O2/c1-28(2)16-20(17-29(3,4)32-28)14-25(33)21-11-12-27(24(15-21)23-9-7-13-31-19-23)34-26-10-6-5-8-22(26)18-30/h5-13,15,19-20,32H,14,16-17H2,1-4H3. The van der Waals surface area contributed by atoms with Gasteiger partial charge in [-0.2, -0.15) is 5.26 Å². The zero-order chi connectivity index (χ0) is 24.3. The summed E-state index contributed by atoms with van der Waals surface area (Å²) in [4.78, 5) is 17.6.